The Kier molecular flexibility index (Phi) is 6.83. The molecule has 2 aromatic rings. The summed E-state index contributed by atoms with van der Waals surface area (Å²) in [6.45, 7) is 4.74. The fraction of sp³-hybridized carbons (Fsp3) is 0.591. The van der Waals surface area contributed by atoms with Crippen LogP contribution in [0.2, 0.25) is 0 Å². The summed E-state index contributed by atoms with van der Waals surface area (Å²) >= 11 is 0. The summed E-state index contributed by atoms with van der Waals surface area (Å²) in [5.41, 5.74) is 0.730. The van der Waals surface area contributed by atoms with Gasteiger partial charge in [-0.05, 0) is 49.7 Å². The topological polar surface area (TPSA) is 84.2 Å². The quantitative estimate of drug-likeness (QED) is 0.768. The molecule has 0 spiro atoms. The normalized spacial score (nSPS) is 22.0. The number of aliphatic hydroxyl groups excluding tert-OH is 1. The number of carbonyl (C=O) groups excluding carboxylic acids is 1. The van der Waals surface area contributed by atoms with Crippen molar-refractivity contribution in [2.75, 3.05) is 6.61 Å². The lowest BCUT2D eigenvalue weighted by Crippen LogP contribution is -2.45. The van der Waals surface area contributed by atoms with Gasteiger partial charge in [0.25, 0.3) is 5.56 Å². The highest BCUT2D eigenvalue weighted by Gasteiger charge is 2.28. The van der Waals surface area contributed by atoms with E-state index in [0.29, 0.717) is 17.8 Å². The minimum Gasteiger partial charge on any atom is -0.394 e. The summed E-state index contributed by atoms with van der Waals surface area (Å²) in [7, 11) is 0. The van der Waals surface area contributed by atoms with Crippen LogP contribution in [0, 0.1) is 17.8 Å². The summed E-state index contributed by atoms with van der Waals surface area (Å²) in [6.07, 6.45) is 6.05. The summed E-state index contributed by atoms with van der Waals surface area (Å²) < 4.78 is 1.71. The Labute approximate surface area is 166 Å². The van der Waals surface area contributed by atoms with E-state index in [-0.39, 0.29) is 36.0 Å². The van der Waals surface area contributed by atoms with E-state index in [4.69, 9.17) is 0 Å². The van der Waals surface area contributed by atoms with Gasteiger partial charge in [0.1, 0.15) is 0 Å². The highest BCUT2D eigenvalue weighted by Crippen LogP contribution is 2.30. The van der Waals surface area contributed by atoms with Crippen molar-refractivity contribution in [2.24, 2.45) is 17.8 Å². The van der Waals surface area contributed by atoms with Crippen molar-refractivity contribution in [3.05, 3.63) is 40.9 Å². The monoisotopic (exact) mass is 385 g/mol. The van der Waals surface area contributed by atoms with E-state index < -0.39 is 0 Å². The van der Waals surface area contributed by atoms with Crippen molar-refractivity contribution in [2.45, 2.75) is 58.5 Å². The highest BCUT2D eigenvalue weighted by molar-refractivity contribution is 5.79. The van der Waals surface area contributed by atoms with Crippen molar-refractivity contribution >= 4 is 16.8 Å². The Morgan fingerprint density at radius 2 is 2.00 bits per heavy atom. The van der Waals surface area contributed by atoms with Gasteiger partial charge in [-0.15, -0.1) is 0 Å². The summed E-state index contributed by atoms with van der Waals surface area (Å²) in [5.74, 6) is 0.702. The van der Waals surface area contributed by atoms with Crippen LogP contribution in [-0.4, -0.2) is 33.2 Å². The number of benzene rings is 1. The molecule has 1 aliphatic rings. The smallest absolute Gasteiger partial charge is 0.261 e. The van der Waals surface area contributed by atoms with Gasteiger partial charge in [0, 0.05) is 12.5 Å². The molecule has 1 aromatic heterocycles. The molecule has 1 aromatic carbocycles. The average Bonchev–Trinajstić information content (AvgIpc) is 2.74. The zero-order valence-corrected chi connectivity index (χ0v) is 16.8. The molecule has 2 N–H and O–H groups in total. The van der Waals surface area contributed by atoms with Crippen LogP contribution in [0.3, 0.4) is 0 Å². The molecule has 2 atom stereocenters. The van der Waals surface area contributed by atoms with Crippen LogP contribution in [-0.2, 0) is 11.3 Å². The number of carbonyl (C=O) groups is 1. The van der Waals surface area contributed by atoms with E-state index in [2.05, 4.69) is 17.2 Å². The third kappa shape index (κ3) is 4.61. The molecule has 2 unspecified atom stereocenters. The second-order valence-corrected chi connectivity index (χ2v) is 8.12. The fourth-order valence-corrected chi connectivity index (χ4v) is 4.07. The SMILES string of the molecule is CCC(C)C(CO)NC(=O)C1CCC(Cn2cnc3ccccc3c2=O)CC1. The zero-order chi connectivity index (χ0) is 20.1. The maximum Gasteiger partial charge on any atom is 0.261 e. The van der Waals surface area contributed by atoms with Gasteiger partial charge in [-0.25, -0.2) is 4.98 Å². The Bertz CT molecular complexity index is 855. The molecule has 6 nitrogen and oxygen atoms in total. The van der Waals surface area contributed by atoms with E-state index in [1.807, 2.05) is 31.2 Å². The van der Waals surface area contributed by atoms with Crippen LogP contribution < -0.4 is 10.9 Å². The van der Waals surface area contributed by atoms with Crippen LogP contribution in [0.15, 0.2) is 35.4 Å². The van der Waals surface area contributed by atoms with Gasteiger partial charge < -0.3 is 10.4 Å². The van der Waals surface area contributed by atoms with E-state index in [0.717, 1.165) is 37.6 Å². The first-order valence-electron chi connectivity index (χ1n) is 10.4. The lowest BCUT2D eigenvalue weighted by molar-refractivity contribution is -0.127. The van der Waals surface area contributed by atoms with Gasteiger partial charge >= 0.3 is 0 Å². The van der Waals surface area contributed by atoms with E-state index >= 15 is 0 Å². The maximum absolute atomic E-state index is 12.7. The Balaban J connectivity index is 1.56. The molecule has 0 aliphatic heterocycles. The second kappa shape index (κ2) is 9.32. The third-order valence-corrected chi connectivity index (χ3v) is 6.26. The van der Waals surface area contributed by atoms with Gasteiger partial charge in [-0.3, -0.25) is 14.2 Å². The number of nitrogens with one attached hydrogen (secondary N) is 1. The first-order valence-corrected chi connectivity index (χ1v) is 10.4. The molecule has 0 radical (unpaired) electrons. The molecule has 1 aliphatic carbocycles. The molecule has 1 amide bonds. The van der Waals surface area contributed by atoms with Crippen LogP contribution in [0.25, 0.3) is 10.9 Å². The van der Waals surface area contributed by atoms with Gasteiger partial charge in [0.2, 0.25) is 5.91 Å². The Morgan fingerprint density at radius 1 is 1.29 bits per heavy atom. The van der Waals surface area contributed by atoms with Crippen molar-refractivity contribution in [3.63, 3.8) is 0 Å². The minimum atomic E-state index is -0.169. The van der Waals surface area contributed by atoms with Crippen molar-refractivity contribution in [1.29, 1.82) is 0 Å². The van der Waals surface area contributed by atoms with Gasteiger partial charge in [-0.1, -0.05) is 32.4 Å². The number of aliphatic hydroxyl groups is 1. The summed E-state index contributed by atoms with van der Waals surface area (Å²) in [4.78, 5) is 29.6. The molecule has 1 heterocycles. The number of hydrogen-bond donors (Lipinski definition) is 2. The number of fused-ring (bicyclic) bond motifs is 1. The second-order valence-electron chi connectivity index (χ2n) is 8.12. The van der Waals surface area contributed by atoms with Crippen LogP contribution in [0.1, 0.15) is 46.0 Å². The lowest BCUT2D eigenvalue weighted by atomic mass is 9.81. The Morgan fingerprint density at radius 3 is 2.68 bits per heavy atom. The largest absolute Gasteiger partial charge is 0.394 e. The first kappa shape index (κ1) is 20.5. The minimum absolute atomic E-state index is 0.000747. The molecule has 1 saturated carbocycles. The van der Waals surface area contributed by atoms with E-state index in [1.54, 1.807) is 10.9 Å². The molecular formula is C22H31N3O3. The molecule has 28 heavy (non-hydrogen) atoms. The summed E-state index contributed by atoms with van der Waals surface area (Å²) in [6, 6.07) is 7.24. The first-order chi connectivity index (χ1) is 13.5. The summed E-state index contributed by atoms with van der Waals surface area (Å²) in [5, 5.41) is 13.2. The van der Waals surface area contributed by atoms with Crippen LogP contribution >= 0.6 is 0 Å². The maximum atomic E-state index is 12.7. The number of hydrogen-bond acceptors (Lipinski definition) is 4. The van der Waals surface area contributed by atoms with Gasteiger partial charge in [0.15, 0.2) is 0 Å². The standard InChI is InChI=1S/C22H31N3O3/c1-3-15(2)20(13-26)24-21(27)17-10-8-16(9-11-17)12-25-14-23-19-7-5-4-6-18(19)22(25)28/h4-7,14-17,20,26H,3,8-13H2,1-2H3,(H,24,27). The van der Waals surface area contributed by atoms with E-state index in [1.165, 1.54) is 0 Å². The number of amides is 1. The molecule has 0 bridgehead atoms. The lowest BCUT2D eigenvalue weighted by Gasteiger charge is -2.30. The van der Waals surface area contributed by atoms with Gasteiger partial charge in [-0.2, -0.15) is 0 Å². The predicted octanol–water partition coefficient (Wildman–Crippen LogP) is 2.73. The van der Waals surface area contributed by atoms with Gasteiger partial charge in [0.05, 0.1) is 29.9 Å². The highest BCUT2D eigenvalue weighted by atomic mass is 16.3. The third-order valence-electron chi connectivity index (χ3n) is 6.26. The fourth-order valence-electron chi connectivity index (χ4n) is 4.07. The molecule has 0 saturated heterocycles. The zero-order valence-electron chi connectivity index (χ0n) is 16.8. The number of aromatic nitrogens is 2. The molecule has 152 valence electrons. The number of rotatable bonds is 7. The van der Waals surface area contributed by atoms with E-state index in [9.17, 15) is 14.7 Å². The van der Waals surface area contributed by atoms with Crippen molar-refractivity contribution in [3.8, 4) is 0 Å². The molecule has 3 rings (SSSR count). The average molecular weight is 386 g/mol. The number of nitrogens with zero attached hydrogens (tertiary/aromatic N) is 2. The Hall–Kier alpha value is -2.21. The molecular weight excluding hydrogens is 354 g/mol. The number of para-hydroxylation sites is 1. The van der Waals surface area contributed by atoms with Crippen LogP contribution in [0.5, 0.6) is 0 Å². The molecule has 1 fully saturated rings. The molecule has 6 heteroatoms. The van der Waals surface area contributed by atoms with Crippen LogP contribution in [0.4, 0.5) is 0 Å². The van der Waals surface area contributed by atoms with Crippen molar-refractivity contribution in [1.82, 2.24) is 14.9 Å². The van der Waals surface area contributed by atoms with Crippen molar-refractivity contribution < 1.29 is 9.90 Å². The predicted molar refractivity (Wildman–Crippen MR) is 110 cm³/mol.